The van der Waals surface area contributed by atoms with E-state index in [-0.39, 0.29) is 12.5 Å². The molecule has 1 fully saturated rings. The van der Waals surface area contributed by atoms with Crippen molar-refractivity contribution >= 4 is 17.5 Å². The highest BCUT2D eigenvalue weighted by atomic mass is 35.5. The molecule has 0 aliphatic carbocycles. The van der Waals surface area contributed by atoms with Gasteiger partial charge in [0.2, 0.25) is 11.7 Å². The van der Waals surface area contributed by atoms with E-state index in [1.165, 1.54) is 5.56 Å². The quantitative estimate of drug-likeness (QED) is 0.600. The summed E-state index contributed by atoms with van der Waals surface area (Å²) in [7, 11) is 1.71. The van der Waals surface area contributed by atoms with E-state index in [0.29, 0.717) is 27.9 Å². The average molecular weight is 427 g/mol. The van der Waals surface area contributed by atoms with Crippen molar-refractivity contribution in [2.24, 2.45) is 0 Å². The second-order valence-corrected chi connectivity index (χ2v) is 7.65. The fourth-order valence-corrected chi connectivity index (χ4v) is 3.56. The van der Waals surface area contributed by atoms with Crippen LogP contribution < -0.4 is 0 Å². The smallest absolute Gasteiger partial charge is 0.254 e. The SMILES string of the molecule is CN(Cc1nc(-c2ccccc2Cl)no1)C(=O)c1ccc(CN2CCOCC2)cc1. The second kappa shape index (κ2) is 9.38. The predicted molar refractivity (Wildman–Crippen MR) is 113 cm³/mol. The Bertz CT molecular complexity index is 1000. The van der Waals surface area contributed by atoms with Gasteiger partial charge in [0.1, 0.15) is 0 Å². The van der Waals surface area contributed by atoms with Gasteiger partial charge in [0.15, 0.2) is 0 Å². The van der Waals surface area contributed by atoms with Crippen LogP contribution in [0.2, 0.25) is 5.02 Å². The first kappa shape index (κ1) is 20.5. The first-order valence-corrected chi connectivity index (χ1v) is 10.2. The van der Waals surface area contributed by atoms with Crippen LogP contribution in [0.15, 0.2) is 53.1 Å². The summed E-state index contributed by atoms with van der Waals surface area (Å²) >= 11 is 6.18. The Kier molecular flexibility index (Phi) is 6.42. The molecule has 2 aromatic carbocycles. The lowest BCUT2D eigenvalue weighted by atomic mass is 10.1. The molecule has 1 aliphatic heterocycles. The van der Waals surface area contributed by atoms with Crippen LogP contribution in [0, 0.1) is 0 Å². The number of ether oxygens (including phenoxy) is 1. The molecule has 8 heteroatoms. The van der Waals surface area contributed by atoms with E-state index in [4.69, 9.17) is 20.9 Å². The van der Waals surface area contributed by atoms with Crippen LogP contribution in [-0.4, -0.2) is 59.2 Å². The Morgan fingerprint density at radius 1 is 1.13 bits per heavy atom. The van der Waals surface area contributed by atoms with Crippen molar-refractivity contribution in [3.8, 4) is 11.4 Å². The van der Waals surface area contributed by atoms with E-state index in [9.17, 15) is 4.79 Å². The summed E-state index contributed by atoms with van der Waals surface area (Å²) in [6, 6.07) is 15.0. The van der Waals surface area contributed by atoms with Crippen molar-refractivity contribution in [3.63, 3.8) is 0 Å². The molecular weight excluding hydrogens is 404 g/mol. The van der Waals surface area contributed by atoms with E-state index in [1.54, 1.807) is 18.0 Å². The number of morpholine rings is 1. The highest BCUT2D eigenvalue weighted by Gasteiger charge is 2.17. The molecule has 0 saturated carbocycles. The van der Waals surface area contributed by atoms with E-state index < -0.39 is 0 Å². The van der Waals surface area contributed by atoms with E-state index in [2.05, 4.69) is 15.0 Å². The van der Waals surface area contributed by atoms with Crippen LogP contribution in [-0.2, 0) is 17.8 Å². The minimum absolute atomic E-state index is 0.106. The van der Waals surface area contributed by atoms with Gasteiger partial charge in [0, 0.05) is 37.8 Å². The Morgan fingerprint density at radius 2 is 1.87 bits per heavy atom. The zero-order valence-electron chi connectivity index (χ0n) is 16.8. The normalized spacial score (nSPS) is 14.6. The third kappa shape index (κ3) is 4.87. The van der Waals surface area contributed by atoms with Gasteiger partial charge in [0.05, 0.1) is 24.8 Å². The molecule has 30 heavy (non-hydrogen) atoms. The molecule has 0 N–H and O–H groups in total. The molecule has 3 aromatic rings. The lowest BCUT2D eigenvalue weighted by molar-refractivity contribution is 0.0342. The van der Waals surface area contributed by atoms with Crippen LogP contribution in [0.4, 0.5) is 0 Å². The van der Waals surface area contributed by atoms with Crippen LogP contribution in [0.5, 0.6) is 0 Å². The molecule has 0 bridgehead atoms. The van der Waals surface area contributed by atoms with Crippen molar-refractivity contribution < 1.29 is 14.1 Å². The van der Waals surface area contributed by atoms with E-state index in [0.717, 1.165) is 32.8 Å². The summed E-state index contributed by atoms with van der Waals surface area (Å²) < 4.78 is 10.7. The number of nitrogens with zero attached hydrogens (tertiary/aromatic N) is 4. The fraction of sp³-hybridized carbons (Fsp3) is 0.318. The number of carbonyl (C=O) groups is 1. The van der Waals surface area contributed by atoms with Gasteiger partial charge in [-0.15, -0.1) is 0 Å². The topological polar surface area (TPSA) is 71.7 Å². The number of hydrogen-bond acceptors (Lipinski definition) is 6. The van der Waals surface area contributed by atoms with Crippen LogP contribution in [0.1, 0.15) is 21.8 Å². The molecule has 1 aromatic heterocycles. The van der Waals surface area contributed by atoms with Crippen molar-refractivity contribution in [1.29, 1.82) is 0 Å². The Hall–Kier alpha value is -2.74. The first-order chi connectivity index (χ1) is 14.6. The van der Waals surface area contributed by atoms with Gasteiger partial charge in [-0.2, -0.15) is 4.98 Å². The highest BCUT2D eigenvalue weighted by Crippen LogP contribution is 2.25. The molecule has 156 valence electrons. The minimum Gasteiger partial charge on any atom is -0.379 e. The molecule has 0 radical (unpaired) electrons. The maximum atomic E-state index is 12.8. The summed E-state index contributed by atoms with van der Waals surface area (Å²) in [5.41, 5.74) is 2.49. The van der Waals surface area contributed by atoms with Crippen LogP contribution in [0.25, 0.3) is 11.4 Å². The third-order valence-electron chi connectivity index (χ3n) is 5.01. The third-order valence-corrected chi connectivity index (χ3v) is 5.34. The fourth-order valence-electron chi connectivity index (χ4n) is 3.34. The molecule has 1 aliphatic rings. The maximum Gasteiger partial charge on any atom is 0.254 e. The Morgan fingerprint density at radius 3 is 2.60 bits per heavy atom. The zero-order chi connectivity index (χ0) is 20.9. The first-order valence-electron chi connectivity index (χ1n) is 9.82. The number of benzene rings is 2. The molecule has 2 heterocycles. The summed E-state index contributed by atoms with van der Waals surface area (Å²) in [6.45, 7) is 4.49. The number of halogens is 1. The summed E-state index contributed by atoms with van der Waals surface area (Å²) in [5.74, 6) is 0.652. The van der Waals surface area contributed by atoms with Crippen LogP contribution >= 0.6 is 11.6 Å². The van der Waals surface area contributed by atoms with E-state index in [1.807, 2.05) is 42.5 Å². The molecule has 4 rings (SSSR count). The minimum atomic E-state index is -0.106. The molecule has 1 saturated heterocycles. The maximum absolute atomic E-state index is 12.8. The number of amides is 1. The number of rotatable bonds is 6. The monoisotopic (exact) mass is 426 g/mol. The number of aromatic nitrogens is 2. The second-order valence-electron chi connectivity index (χ2n) is 7.24. The van der Waals surface area contributed by atoms with Crippen molar-refractivity contribution in [1.82, 2.24) is 19.9 Å². The van der Waals surface area contributed by atoms with Gasteiger partial charge in [-0.1, -0.05) is 41.0 Å². The Balaban J connectivity index is 1.37. The Labute approximate surface area is 180 Å². The summed E-state index contributed by atoms with van der Waals surface area (Å²) in [4.78, 5) is 21.0. The molecule has 0 atom stereocenters. The molecular formula is C22H23ClN4O3. The lowest BCUT2D eigenvalue weighted by Gasteiger charge is -2.26. The molecule has 0 spiro atoms. The largest absolute Gasteiger partial charge is 0.379 e. The molecule has 0 unspecified atom stereocenters. The number of hydrogen-bond donors (Lipinski definition) is 0. The summed E-state index contributed by atoms with van der Waals surface area (Å²) in [5, 5.41) is 4.53. The van der Waals surface area contributed by atoms with Gasteiger partial charge in [0.25, 0.3) is 5.91 Å². The van der Waals surface area contributed by atoms with Gasteiger partial charge in [-0.3, -0.25) is 9.69 Å². The van der Waals surface area contributed by atoms with Crippen molar-refractivity contribution in [2.75, 3.05) is 33.4 Å². The number of carbonyl (C=O) groups excluding carboxylic acids is 1. The van der Waals surface area contributed by atoms with E-state index >= 15 is 0 Å². The van der Waals surface area contributed by atoms with Gasteiger partial charge < -0.3 is 14.2 Å². The standard InChI is InChI=1S/C22H23ClN4O3/c1-26(15-20-24-21(25-30-20)18-4-2-3-5-19(18)23)22(28)17-8-6-16(7-9-17)14-27-10-12-29-13-11-27/h2-9H,10-15H2,1H3. The van der Waals surface area contributed by atoms with Crippen LogP contribution in [0.3, 0.4) is 0 Å². The molecule has 7 nitrogen and oxygen atoms in total. The predicted octanol–water partition coefficient (Wildman–Crippen LogP) is 3.49. The highest BCUT2D eigenvalue weighted by molar-refractivity contribution is 6.33. The van der Waals surface area contributed by atoms with Gasteiger partial charge >= 0.3 is 0 Å². The summed E-state index contributed by atoms with van der Waals surface area (Å²) in [6.07, 6.45) is 0. The average Bonchev–Trinajstić information content (AvgIpc) is 3.23. The van der Waals surface area contributed by atoms with Gasteiger partial charge in [-0.05, 0) is 29.8 Å². The lowest BCUT2D eigenvalue weighted by Crippen LogP contribution is -2.35. The molecule has 1 amide bonds. The van der Waals surface area contributed by atoms with Crippen molar-refractivity contribution in [2.45, 2.75) is 13.1 Å². The zero-order valence-corrected chi connectivity index (χ0v) is 17.5. The van der Waals surface area contributed by atoms with Crippen molar-refractivity contribution in [3.05, 3.63) is 70.6 Å². The van der Waals surface area contributed by atoms with Gasteiger partial charge in [-0.25, -0.2) is 0 Å².